The van der Waals surface area contributed by atoms with E-state index in [0.717, 1.165) is 29.9 Å². The summed E-state index contributed by atoms with van der Waals surface area (Å²) in [7, 11) is 0. The molecule has 0 bridgehead atoms. The maximum atomic E-state index is 12.3. The van der Waals surface area contributed by atoms with Gasteiger partial charge in [0.05, 0.1) is 11.3 Å². The van der Waals surface area contributed by atoms with Crippen LogP contribution in [0, 0.1) is 13.8 Å². The summed E-state index contributed by atoms with van der Waals surface area (Å²) in [6, 6.07) is 7.36. The van der Waals surface area contributed by atoms with Crippen molar-refractivity contribution in [1.29, 1.82) is 0 Å². The van der Waals surface area contributed by atoms with Gasteiger partial charge in [-0.1, -0.05) is 24.1 Å². The molecule has 1 fully saturated rings. The van der Waals surface area contributed by atoms with Crippen LogP contribution < -0.4 is 20.9 Å². The molecule has 0 atom stereocenters. The first-order valence-electron chi connectivity index (χ1n) is 9.04. The molecule has 0 unspecified atom stereocenters. The summed E-state index contributed by atoms with van der Waals surface area (Å²) >= 11 is 5.22. The lowest BCUT2D eigenvalue weighted by Crippen LogP contribution is -2.49. The molecule has 1 saturated carbocycles. The second-order valence-electron chi connectivity index (χ2n) is 6.65. The Bertz CT molecular complexity index is 796. The molecule has 1 amide bonds. The van der Waals surface area contributed by atoms with Gasteiger partial charge in [0.1, 0.15) is 18.1 Å². The van der Waals surface area contributed by atoms with Crippen LogP contribution >= 0.6 is 12.2 Å². The number of rotatable bonds is 5. The number of hydrogen-bond acceptors (Lipinski definition) is 5. The topological polar surface area (TPSA) is 88.4 Å². The van der Waals surface area contributed by atoms with Gasteiger partial charge in [-0.3, -0.25) is 15.6 Å². The van der Waals surface area contributed by atoms with Gasteiger partial charge in [0.15, 0.2) is 5.11 Å². The molecule has 144 valence electrons. The van der Waals surface area contributed by atoms with Crippen molar-refractivity contribution in [2.45, 2.75) is 52.2 Å². The molecule has 1 aromatic heterocycles. The minimum atomic E-state index is -0.284. The highest BCUT2D eigenvalue weighted by atomic mass is 32.1. The Kier molecular flexibility index (Phi) is 6.28. The van der Waals surface area contributed by atoms with Gasteiger partial charge in [-0.15, -0.1) is 0 Å². The number of aryl methyl sites for hydroxylation is 2. The minimum absolute atomic E-state index is 0.284. The summed E-state index contributed by atoms with van der Waals surface area (Å²) in [4.78, 5) is 12.3. The standard InChI is InChI=1S/C19H24N4O3S/c1-12-17(13(2)26-23-12)11-25-16-9-5-6-14(10-16)18(24)21-22-19(27)20-15-7-3-4-8-15/h5-6,9-10,15H,3-4,7-8,11H2,1-2H3,(H,21,24)(H2,20,22,27). The first kappa shape index (κ1) is 19.2. The van der Waals surface area contributed by atoms with E-state index < -0.39 is 0 Å². The average molecular weight is 388 g/mol. The van der Waals surface area contributed by atoms with Crippen LogP contribution in [-0.4, -0.2) is 22.2 Å². The summed E-state index contributed by atoms with van der Waals surface area (Å²) in [5.41, 5.74) is 7.56. The monoisotopic (exact) mass is 388 g/mol. The Hall–Kier alpha value is -2.61. The number of aromatic nitrogens is 1. The van der Waals surface area contributed by atoms with Gasteiger partial charge in [0.25, 0.3) is 5.91 Å². The van der Waals surface area contributed by atoms with Gasteiger partial charge in [0, 0.05) is 11.6 Å². The zero-order valence-electron chi connectivity index (χ0n) is 15.5. The maximum absolute atomic E-state index is 12.3. The summed E-state index contributed by atoms with van der Waals surface area (Å²) in [5, 5.41) is 7.55. The number of thiocarbonyl (C=S) groups is 1. The highest BCUT2D eigenvalue weighted by Crippen LogP contribution is 2.19. The summed E-state index contributed by atoms with van der Waals surface area (Å²) < 4.78 is 10.9. The molecule has 1 heterocycles. The largest absolute Gasteiger partial charge is 0.489 e. The quantitative estimate of drug-likeness (QED) is 0.536. The van der Waals surface area contributed by atoms with E-state index >= 15 is 0 Å². The smallest absolute Gasteiger partial charge is 0.269 e. The van der Waals surface area contributed by atoms with Crippen LogP contribution in [-0.2, 0) is 6.61 Å². The van der Waals surface area contributed by atoms with Crippen molar-refractivity contribution in [3.63, 3.8) is 0 Å². The first-order chi connectivity index (χ1) is 13.0. The predicted octanol–water partition coefficient (Wildman–Crippen LogP) is 2.92. The maximum Gasteiger partial charge on any atom is 0.269 e. The van der Waals surface area contributed by atoms with Crippen LogP contribution in [0.1, 0.15) is 53.1 Å². The minimum Gasteiger partial charge on any atom is -0.489 e. The molecule has 0 spiro atoms. The molecule has 1 aliphatic rings. The lowest BCUT2D eigenvalue weighted by molar-refractivity contribution is 0.0943. The lowest BCUT2D eigenvalue weighted by Gasteiger charge is -2.16. The Morgan fingerprint density at radius 1 is 1.30 bits per heavy atom. The number of carbonyl (C=O) groups excluding carboxylic acids is 1. The van der Waals surface area contributed by atoms with Crippen LogP contribution in [0.3, 0.4) is 0 Å². The van der Waals surface area contributed by atoms with Gasteiger partial charge in [-0.05, 0) is 57.1 Å². The van der Waals surface area contributed by atoms with E-state index in [4.69, 9.17) is 21.5 Å². The zero-order chi connectivity index (χ0) is 19.2. The van der Waals surface area contributed by atoms with Gasteiger partial charge < -0.3 is 14.6 Å². The van der Waals surface area contributed by atoms with Crippen molar-refractivity contribution in [1.82, 2.24) is 21.3 Å². The molecule has 0 aliphatic heterocycles. The molecule has 3 N–H and O–H groups in total. The Balaban J connectivity index is 1.51. The normalized spacial score (nSPS) is 14.0. The van der Waals surface area contributed by atoms with Crippen molar-refractivity contribution >= 4 is 23.2 Å². The van der Waals surface area contributed by atoms with Gasteiger partial charge in [-0.2, -0.15) is 0 Å². The summed E-state index contributed by atoms with van der Waals surface area (Å²) in [5.74, 6) is 1.04. The Morgan fingerprint density at radius 3 is 2.78 bits per heavy atom. The predicted molar refractivity (Wildman–Crippen MR) is 105 cm³/mol. The number of hydrogen-bond donors (Lipinski definition) is 3. The van der Waals surface area contributed by atoms with E-state index in [0.29, 0.717) is 29.1 Å². The highest BCUT2D eigenvalue weighted by Gasteiger charge is 2.16. The van der Waals surface area contributed by atoms with Crippen molar-refractivity contribution in [2.24, 2.45) is 0 Å². The van der Waals surface area contributed by atoms with E-state index in [1.807, 2.05) is 13.8 Å². The number of ether oxygens (including phenoxy) is 1. The number of hydrazine groups is 1. The van der Waals surface area contributed by atoms with Crippen LogP contribution in [0.15, 0.2) is 28.8 Å². The van der Waals surface area contributed by atoms with Gasteiger partial charge >= 0.3 is 0 Å². The third-order valence-electron chi connectivity index (χ3n) is 4.64. The molecule has 3 rings (SSSR count). The van der Waals surface area contributed by atoms with Crippen molar-refractivity contribution in [3.05, 3.63) is 46.8 Å². The first-order valence-corrected chi connectivity index (χ1v) is 9.45. The number of amides is 1. The molecule has 1 aliphatic carbocycles. The third-order valence-corrected chi connectivity index (χ3v) is 4.86. The highest BCUT2D eigenvalue weighted by molar-refractivity contribution is 7.80. The van der Waals surface area contributed by atoms with Gasteiger partial charge in [0.2, 0.25) is 0 Å². The molecule has 0 saturated heterocycles. The fourth-order valence-electron chi connectivity index (χ4n) is 3.07. The van der Waals surface area contributed by atoms with Crippen LogP contribution in [0.4, 0.5) is 0 Å². The molecule has 0 radical (unpaired) electrons. The van der Waals surface area contributed by atoms with E-state index in [1.165, 1.54) is 12.8 Å². The van der Waals surface area contributed by atoms with Crippen molar-refractivity contribution in [3.8, 4) is 5.75 Å². The zero-order valence-corrected chi connectivity index (χ0v) is 16.3. The molecular formula is C19H24N4O3S. The second kappa shape index (κ2) is 8.85. The molecule has 1 aromatic carbocycles. The van der Waals surface area contributed by atoms with Crippen molar-refractivity contribution < 1.29 is 14.1 Å². The third kappa shape index (κ3) is 5.19. The molecule has 8 heteroatoms. The fourth-order valence-corrected chi connectivity index (χ4v) is 3.29. The average Bonchev–Trinajstić information content (AvgIpc) is 3.28. The molecular weight excluding hydrogens is 364 g/mol. The number of benzene rings is 1. The summed E-state index contributed by atoms with van der Waals surface area (Å²) in [6.07, 6.45) is 4.65. The van der Waals surface area contributed by atoms with E-state index in [9.17, 15) is 4.79 Å². The van der Waals surface area contributed by atoms with Crippen LogP contribution in [0.25, 0.3) is 0 Å². The Labute approximate surface area is 163 Å². The van der Waals surface area contributed by atoms with Crippen LogP contribution in [0.2, 0.25) is 0 Å². The SMILES string of the molecule is Cc1noc(C)c1COc1cccc(C(=O)NNC(=S)NC2CCCC2)c1. The Morgan fingerprint density at radius 2 is 2.07 bits per heavy atom. The van der Waals surface area contributed by atoms with E-state index in [-0.39, 0.29) is 5.91 Å². The number of nitrogens with one attached hydrogen (secondary N) is 3. The van der Waals surface area contributed by atoms with Crippen molar-refractivity contribution in [2.75, 3.05) is 0 Å². The molecule has 2 aromatic rings. The van der Waals surface area contributed by atoms with E-state index in [1.54, 1.807) is 24.3 Å². The second-order valence-corrected chi connectivity index (χ2v) is 7.06. The lowest BCUT2D eigenvalue weighted by atomic mass is 10.2. The molecule has 27 heavy (non-hydrogen) atoms. The summed E-state index contributed by atoms with van der Waals surface area (Å²) in [6.45, 7) is 4.05. The number of carbonyl (C=O) groups is 1. The number of nitrogens with zero attached hydrogens (tertiary/aromatic N) is 1. The van der Waals surface area contributed by atoms with Crippen LogP contribution in [0.5, 0.6) is 5.75 Å². The van der Waals surface area contributed by atoms with Gasteiger partial charge in [-0.25, -0.2) is 0 Å². The molecule has 7 nitrogen and oxygen atoms in total. The van der Waals surface area contributed by atoms with E-state index in [2.05, 4.69) is 21.3 Å². The fraction of sp³-hybridized carbons (Fsp3) is 0.421.